The number of hydrogen-bond acceptors (Lipinski definition) is 6. The lowest BCUT2D eigenvalue weighted by molar-refractivity contribution is -0.255. The number of para-hydroxylation sites is 1. The first-order valence-electron chi connectivity index (χ1n) is 9.48. The molecule has 1 aliphatic rings. The van der Waals surface area contributed by atoms with Crippen molar-refractivity contribution in [2.24, 2.45) is 0 Å². The predicted octanol–water partition coefficient (Wildman–Crippen LogP) is 4.52. The minimum Gasteiger partial charge on any atom is -0.545 e. The zero-order chi connectivity index (χ0) is 22.7. The largest absolute Gasteiger partial charge is 0.545 e. The van der Waals surface area contributed by atoms with Gasteiger partial charge in [0.05, 0.1) is 16.6 Å². The smallest absolute Gasteiger partial charge is 0.298 e. The van der Waals surface area contributed by atoms with E-state index < -0.39 is 17.1 Å². The molecular weight excluding hydrogens is 450 g/mol. The van der Waals surface area contributed by atoms with E-state index in [9.17, 15) is 19.5 Å². The number of anilines is 1. The Balaban J connectivity index is 1.54. The molecule has 0 aliphatic carbocycles. The SMILES string of the molecule is O=C([O-])c1ccc(COc2ccccc2/C=C2\SC(=O)N(c3cccc(Cl)c3)C2=O)cc1. The lowest BCUT2D eigenvalue weighted by Gasteiger charge is -2.12. The number of carboxylic acids is 1. The van der Waals surface area contributed by atoms with Crippen LogP contribution in [0.2, 0.25) is 5.02 Å². The standard InChI is InChI=1S/C24H16ClNO5S/c25-18-5-3-6-19(13-18)26-22(27)21(32-24(26)30)12-17-4-1-2-7-20(17)31-14-15-8-10-16(11-9-15)23(28)29/h1-13H,14H2,(H,28,29)/p-1/b21-12-. The number of carbonyl (C=O) groups excluding carboxylic acids is 3. The van der Waals surface area contributed by atoms with Crippen LogP contribution in [0.3, 0.4) is 0 Å². The second-order valence-electron chi connectivity index (χ2n) is 6.81. The second-order valence-corrected chi connectivity index (χ2v) is 8.24. The van der Waals surface area contributed by atoms with E-state index in [1.54, 1.807) is 66.7 Å². The van der Waals surface area contributed by atoms with E-state index in [-0.39, 0.29) is 17.1 Å². The monoisotopic (exact) mass is 464 g/mol. The maximum absolute atomic E-state index is 12.9. The van der Waals surface area contributed by atoms with E-state index in [1.165, 1.54) is 12.1 Å². The summed E-state index contributed by atoms with van der Waals surface area (Å²) in [7, 11) is 0. The van der Waals surface area contributed by atoms with Gasteiger partial charge in [0.2, 0.25) is 0 Å². The van der Waals surface area contributed by atoms with Crippen molar-refractivity contribution in [3.05, 3.63) is 99.4 Å². The first-order valence-corrected chi connectivity index (χ1v) is 10.7. The summed E-state index contributed by atoms with van der Waals surface area (Å²) in [6, 6.07) is 19.9. The van der Waals surface area contributed by atoms with Crippen molar-refractivity contribution in [1.29, 1.82) is 0 Å². The Morgan fingerprint density at radius 2 is 1.78 bits per heavy atom. The van der Waals surface area contributed by atoms with Crippen LogP contribution in [0.5, 0.6) is 5.75 Å². The lowest BCUT2D eigenvalue weighted by Crippen LogP contribution is -2.27. The average Bonchev–Trinajstić information content (AvgIpc) is 3.06. The van der Waals surface area contributed by atoms with E-state index in [0.717, 1.165) is 22.2 Å². The summed E-state index contributed by atoms with van der Waals surface area (Å²) in [5.74, 6) is -1.16. The van der Waals surface area contributed by atoms with Crippen LogP contribution in [0.15, 0.2) is 77.7 Å². The van der Waals surface area contributed by atoms with Crippen LogP contribution < -0.4 is 14.7 Å². The molecule has 0 atom stereocenters. The molecule has 0 N–H and O–H groups in total. The number of nitrogens with zero attached hydrogens (tertiary/aromatic N) is 1. The van der Waals surface area contributed by atoms with E-state index in [2.05, 4.69) is 0 Å². The molecule has 1 fully saturated rings. The Kier molecular flexibility index (Phi) is 6.30. The summed E-state index contributed by atoms with van der Waals surface area (Å²) < 4.78 is 5.88. The van der Waals surface area contributed by atoms with Gasteiger partial charge in [0.1, 0.15) is 12.4 Å². The van der Waals surface area contributed by atoms with Crippen molar-refractivity contribution >= 4 is 52.2 Å². The van der Waals surface area contributed by atoms with Gasteiger partial charge in [-0.25, -0.2) is 4.90 Å². The zero-order valence-electron chi connectivity index (χ0n) is 16.5. The number of carbonyl (C=O) groups is 3. The van der Waals surface area contributed by atoms with Crippen LogP contribution in [-0.2, 0) is 11.4 Å². The predicted molar refractivity (Wildman–Crippen MR) is 121 cm³/mol. The minimum atomic E-state index is -1.24. The Labute approximate surface area is 193 Å². The number of thioether (sulfide) groups is 1. The van der Waals surface area contributed by atoms with Crippen molar-refractivity contribution in [3.63, 3.8) is 0 Å². The summed E-state index contributed by atoms with van der Waals surface area (Å²) in [6.07, 6.45) is 1.62. The Bertz CT molecular complexity index is 1240. The quantitative estimate of drug-likeness (QED) is 0.498. The number of imide groups is 1. The highest BCUT2D eigenvalue weighted by Crippen LogP contribution is 2.37. The first kappa shape index (κ1) is 21.7. The van der Waals surface area contributed by atoms with Gasteiger partial charge in [-0.1, -0.05) is 60.1 Å². The average molecular weight is 465 g/mol. The topological polar surface area (TPSA) is 86.7 Å². The summed E-state index contributed by atoms with van der Waals surface area (Å²) in [5, 5.41) is 10.9. The van der Waals surface area contributed by atoms with E-state index in [1.807, 2.05) is 0 Å². The highest BCUT2D eigenvalue weighted by Gasteiger charge is 2.36. The van der Waals surface area contributed by atoms with Crippen LogP contribution >= 0.6 is 23.4 Å². The maximum Gasteiger partial charge on any atom is 0.298 e. The maximum atomic E-state index is 12.9. The fraction of sp³-hybridized carbons (Fsp3) is 0.0417. The molecule has 1 saturated heterocycles. The van der Waals surface area contributed by atoms with Crippen molar-refractivity contribution in [3.8, 4) is 5.75 Å². The fourth-order valence-corrected chi connectivity index (χ4v) is 4.09. The molecule has 2 amide bonds. The molecule has 1 aliphatic heterocycles. The van der Waals surface area contributed by atoms with Gasteiger partial charge < -0.3 is 14.6 Å². The van der Waals surface area contributed by atoms with Gasteiger partial charge in [-0.05, 0) is 53.2 Å². The van der Waals surface area contributed by atoms with Crippen LogP contribution in [0.25, 0.3) is 6.08 Å². The van der Waals surface area contributed by atoms with Gasteiger partial charge >= 0.3 is 0 Å². The Hall–Kier alpha value is -3.55. The summed E-state index contributed by atoms with van der Waals surface area (Å²) >= 11 is 6.84. The van der Waals surface area contributed by atoms with Gasteiger partial charge in [0.25, 0.3) is 11.1 Å². The second kappa shape index (κ2) is 9.30. The fourth-order valence-electron chi connectivity index (χ4n) is 3.08. The third-order valence-corrected chi connectivity index (χ3v) is 5.75. The number of hydrogen-bond donors (Lipinski definition) is 0. The summed E-state index contributed by atoms with van der Waals surface area (Å²) in [5.41, 5.74) is 1.90. The molecular formula is C24H15ClNO5S-. The molecule has 3 aromatic rings. The van der Waals surface area contributed by atoms with Crippen LogP contribution in [0.1, 0.15) is 21.5 Å². The molecule has 0 saturated carbocycles. The van der Waals surface area contributed by atoms with E-state index >= 15 is 0 Å². The van der Waals surface area contributed by atoms with E-state index in [4.69, 9.17) is 16.3 Å². The Morgan fingerprint density at radius 1 is 1.03 bits per heavy atom. The number of aromatic carboxylic acids is 1. The zero-order valence-corrected chi connectivity index (χ0v) is 18.1. The summed E-state index contributed by atoms with van der Waals surface area (Å²) in [6.45, 7) is 0.197. The van der Waals surface area contributed by atoms with E-state index in [0.29, 0.717) is 22.0 Å². The molecule has 4 rings (SSSR count). The highest BCUT2D eigenvalue weighted by molar-refractivity contribution is 8.19. The van der Waals surface area contributed by atoms with Crippen LogP contribution in [0, 0.1) is 0 Å². The number of benzene rings is 3. The third-order valence-electron chi connectivity index (χ3n) is 4.65. The van der Waals surface area contributed by atoms with Crippen molar-refractivity contribution in [1.82, 2.24) is 0 Å². The number of halogens is 1. The first-order chi connectivity index (χ1) is 15.4. The molecule has 6 nitrogen and oxygen atoms in total. The van der Waals surface area contributed by atoms with Crippen LogP contribution in [-0.4, -0.2) is 17.1 Å². The van der Waals surface area contributed by atoms with Crippen molar-refractivity contribution < 1.29 is 24.2 Å². The number of ether oxygens (including phenoxy) is 1. The molecule has 0 aromatic heterocycles. The molecule has 0 unspecified atom stereocenters. The molecule has 8 heteroatoms. The molecule has 3 aromatic carbocycles. The van der Waals surface area contributed by atoms with Gasteiger partial charge in [-0.2, -0.15) is 0 Å². The van der Waals surface area contributed by atoms with Gasteiger partial charge in [0, 0.05) is 10.6 Å². The number of amides is 2. The van der Waals surface area contributed by atoms with Gasteiger partial charge in [0.15, 0.2) is 0 Å². The lowest BCUT2D eigenvalue weighted by atomic mass is 10.1. The van der Waals surface area contributed by atoms with Crippen molar-refractivity contribution in [2.45, 2.75) is 6.61 Å². The van der Waals surface area contributed by atoms with Gasteiger partial charge in [-0.15, -0.1) is 0 Å². The minimum absolute atomic E-state index is 0.0876. The normalized spacial score (nSPS) is 14.8. The molecule has 160 valence electrons. The molecule has 0 spiro atoms. The Morgan fingerprint density at radius 3 is 2.50 bits per heavy atom. The molecule has 1 heterocycles. The van der Waals surface area contributed by atoms with Crippen molar-refractivity contribution in [2.75, 3.05) is 4.90 Å². The highest BCUT2D eigenvalue weighted by atomic mass is 35.5. The third kappa shape index (κ3) is 4.69. The molecule has 0 bridgehead atoms. The number of carboxylic acid groups (broad SMARTS) is 1. The number of rotatable bonds is 6. The van der Waals surface area contributed by atoms with Crippen LogP contribution in [0.4, 0.5) is 10.5 Å². The molecule has 32 heavy (non-hydrogen) atoms. The van der Waals surface area contributed by atoms with Gasteiger partial charge in [-0.3, -0.25) is 9.59 Å². The molecule has 0 radical (unpaired) electrons. The summed E-state index contributed by atoms with van der Waals surface area (Å²) in [4.78, 5) is 37.6.